The molecule has 1 fully saturated rings. The monoisotopic (exact) mass is 239 g/mol. The maximum Gasteiger partial charge on any atom is 0.264 e. The molecule has 3 nitrogen and oxygen atoms in total. The SMILES string of the molecule is Cc1cc(C(=O)N2CCCC2CO)sc1C. The van der Waals surface area contributed by atoms with Crippen molar-refractivity contribution in [1.82, 2.24) is 4.90 Å². The van der Waals surface area contributed by atoms with E-state index in [-0.39, 0.29) is 18.6 Å². The molecule has 0 radical (unpaired) electrons. The van der Waals surface area contributed by atoms with Crippen molar-refractivity contribution in [2.45, 2.75) is 32.7 Å². The van der Waals surface area contributed by atoms with Gasteiger partial charge in [-0.3, -0.25) is 4.79 Å². The Morgan fingerprint density at radius 3 is 2.94 bits per heavy atom. The molecule has 16 heavy (non-hydrogen) atoms. The molecule has 4 heteroatoms. The summed E-state index contributed by atoms with van der Waals surface area (Å²) in [5, 5.41) is 9.20. The first-order valence-corrected chi connectivity index (χ1v) is 6.44. The van der Waals surface area contributed by atoms with Gasteiger partial charge in [-0.2, -0.15) is 0 Å². The van der Waals surface area contributed by atoms with Crippen molar-refractivity contribution in [3.8, 4) is 0 Å². The number of aliphatic hydroxyl groups excluding tert-OH is 1. The Kier molecular flexibility index (Phi) is 3.30. The average molecular weight is 239 g/mol. The van der Waals surface area contributed by atoms with Gasteiger partial charge in [0.2, 0.25) is 0 Å². The van der Waals surface area contributed by atoms with Crippen molar-refractivity contribution >= 4 is 17.2 Å². The molecular weight excluding hydrogens is 222 g/mol. The van der Waals surface area contributed by atoms with Gasteiger partial charge in [0, 0.05) is 11.4 Å². The molecule has 0 saturated carbocycles. The first-order chi connectivity index (χ1) is 7.63. The lowest BCUT2D eigenvalue weighted by atomic mass is 10.2. The molecule has 1 saturated heterocycles. The lowest BCUT2D eigenvalue weighted by molar-refractivity contribution is 0.0682. The quantitative estimate of drug-likeness (QED) is 0.857. The van der Waals surface area contributed by atoms with E-state index in [4.69, 9.17) is 0 Å². The number of carbonyl (C=O) groups excluding carboxylic acids is 1. The van der Waals surface area contributed by atoms with Gasteiger partial charge in [-0.1, -0.05) is 0 Å². The molecule has 1 atom stereocenters. The summed E-state index contributed by atoms with van der Waals surface area (Å²) in [4.78, 5) is 16.0. The summed E-state index contributed by atoms with van der Waals surface area (Å²) >= 11 is 1.55. The van der Waals surface area contributed by atoms with E-state index in [1.165, 1.54) is 10.4 Å². The zero-order valence-corrected chi connectivity index (χ0v) is 10.5. The summed E-state index contributed by atoms with van der Waals surface area (Å²) < 4.78 is 0. The molecule has 1 aromatic rings. The summed E-state index contributed by atoms with van der Waals surface area (Å²) in [5.41, 5.74) is 1.17. The van der Waals surface area contributed by atoms with E-state index in [0.29, 0.717) is 0 Å². The van der Waals surface area contributed by atoms with Gasteiger partial charge in [0.05, 0.1) is 17.5 Å². The van der Waals surface area contributed by atoms with Gasteiger partial charge in [0.15, 0.2) is 0 Å². The maximum absolute atomic E-state index is 12.2. The van der Waals surface area contributed by atoms with E-state index in [1.54, 1.807) is 11.3 Å². The summed E-state index contributed by atoms with van der Waals surface area (Å²) in [7, 11) is 0. The number of rotatable bonds is 2. The molecule has 2 rings (SSSR count). The number of likely N-dealkylation sites (tertiary alicyclic amines) is 1. The van der Waals surface area contributed by atoms with E-state index in [0.717, 1.165) is 24.3 Å². The van der Waals surface area contributed by atoms with Crippen molar-refractivity contribution in [2.24, 2.45) is 0 Å². The zero-order chi connectivity index (χ0) is 11.7. The third kappa shape index (κ3) is 1.99. The van der Waals surface area contributed by atoms with Crippen LogP contribution >= 0.6 is 11.3 Å². The van der Waals surface area contributed by atoms with Crippen LogP contribution < -0.4 is 0 Å². The van der Waals surface area contributed by atoms with Crippen LogP contribution in [0, 0.1) is 13.8 Å². The average Bonchev–Trinajstić information content (AvgIpc) is 2.85. The van der Waals surface area contributed by atoms with Crippen LogP contribution in [0.25, 0.3) is 0 Å². The Hall–Kier alpha value is -0.870. The summed E-state index contributed by atoms with van der Waals surface area (Å²) in [6.07, 6.45) is 1.92. The van der Waals surface area contributed by atoms with Gasteiger partial charge in [-0.05, 0) is 38.3 Å². The Morgan fingerprint density at radius 2 is 2.38 bits per heavy atom. The fourth-order valence-corrected chi connectivity index (χ4v) is 3.10. The molecule has 1 amide bonds. The van der Waals surface area contributed by atoms with Crippen molar-refractivity contribution in [3.63, 3.8) is 0 Å². The molecule has 88 valence electrons. The van der Waals surface area contributed by atoms with Gasteiger partial charge >= 0.3 is 0 Å². The summed E-state index contributed by atoms with van der Waals surface area (Å²) in [6.45, 7) is 4.91. The number of amides is 1. The van der Waals surface area contributed by atoms with Crippen molar-refractivity contribution in [1.29, 1.82) is 0 Å². The molecule has 0 aliphatic carbocycles. The van der Waals surface area contributed by atoms with Crippen LogP contribution in [0.2, 0.25) is 0 Å². The molecule has 0 spiro atoms. The van der Waals surface area contributed by atoms with Crippen molar-refractivity contribution in [3.05, 3.63) is 21.4 Å². The Bertz CT molecular complexity index is 380. The van der Waals surface area contributed by atoms with Crippen LogP contribution in [-0.2, 0) is 0 Å². The predicted molar refractivity (Wildman–Crippen MR) is 64.9 cm³/mol. The zero-order valence-electron chi connectivity index (χ0n) is 9.69. The van der Waals surface area contributed by atoms with E-state index in [9.17, 15) is 9.90 Å². The summed E-state index contributed by atoms with van der Waals surface area (Å²) in [5.74, 6) is 0.0813. The minimum absolute atomic E-state index is 0.0233. The molecule has 1 aliphatic rings. The fourth-order valence-electron chi connectivity index (χ4n) is 2.11. The maximum atomic E-state index is 12.2. The molecular formula is C12H17NO2S. The van der Waals surface area contributed by atoms with Gasteiger partial charge < -0.3 is 10.0 Å². The number of carbonyl (C=O) groups is 1. The van der Waals surface area contributed by atoms with Crippen LogP contribution in [-0.4, -0.2) is 35.1 Å². The normalized spacial score (nSPS) is 20.4. The van der Waals surface area contributed by atoms with Gasteiger partial charge in [0.25, 0.3) is 5.91 Å². The summed E-state index contributed by atoms with van der Waals surface area (Å²) in [6, 6.07) is 1.98. The number of aliphatic hydroxyl groups is 1. The molecule has 1 unspecified atom stereocenters. The third-order valence-electron chi connectivity index (χ3n) is 3.23. The Balaban J connectivity index is 2.18. The highest BCUT2D eigenvalue weighted by atomic mass is 32.1. The molecule has 1 aliphatic heterocycles. The smallest absolute Gasteiger partial charge is 0.264 e. The largest absolute Gasteiger partial charge is 0.394 e. The van der Waals surface area contributed by atoms with Crippen LogP contribution in [0.1, 0.15) is 33.0 Å². The minimum Gasteiger partial charge on any atom is -0.394 e. The van der Waals surface area contributed by atoms with Crippen molar-refractivity contribution < 1.29 is 9.90 Å². The topological polar surface area (TPSA) is 40.5 Å². The second-order valence-electron chi connectivity index (χ2n) is 4.33. The Morgan fingerprint density at radius 1 is 1.62 bits per heavy atom. The van der Waals surface area contributed by atoms with Crippen LogP contribution in [0.5, 0.6) is 0 Å². The third-order valence-corrected chi connectivity index (χ3v) is 4.37. The lowest BCUT2D eigenvalue weighted by Gasteiger charge is -2.22. The highest BCUT2D eigenvalue weighted by molar-refractivity contribution is 7.14. The molecule has 2 heterocycles. The standard InChI is InChI=1S/C12H17NO2S/c1-8-6-11(16-9(8)2)12(15)13-5-3-4-10(13)7-14/h6,10,14H,3-5,7H2,1-2H3. The van der Waals surface area contributed by atoms with E-state index in [2.05, 4.69) is 0 Å². The van der Waals surface area contributed by atoms with Gasteiger partial charge in [0.1, 0.15) is 0 Å². The number of hydrogen-bond acceptors (Lipinski definition) is 3. The predicted octanol–water partition coefficient (Wildman–Crippen LogP) is 1.96. The van der Waals surface area contributed by atoms with Crippen LogP contribution in [0.3, 0.4) is 0 Å². The lowest BCUT2D eigenvalue weighted by Crippen LogP contribution is -2.37. The van der Waals surface area contributed by atoms with Gasteiger partial charge in [-0.15, -0.1) is 11.3 Å². The highest BCUT2D eigenvalue weighted by Crippen LogP contribution is 2.25. The minimum atomic E-state index is 0.0233. The second-order valence-corrected chi connectivity index (χ2v) is 5.58. The van der Waals surface area contributed by atoms with E-state index in [1.807, 2.05) is 24.8 Å². The van der Waals surface area contributed by atoms with Crippen LogP contribution in [0.15, 0.2) is 6.07 Å². The number of aryl methyl sites for hydroxylation is 2. The Labute approximate surface area is 99.7 Å². The number of hydrogen-bond donors (Lipinski definition) is 1. The fraction of sp³-hybridized carbons (Fsp3) is 0.583. The molecule has 0 aromatic carbocycles. The first-order valence-electron chi connectivity index (χ1n) is 5.62. The molecule has 1 aromatic heterocycles. The second kappa shape index (κ2) is 4.55. The molecule has 0 bridgehead atoms. The van der Waals surface area contributed by atoms with E-state index < -0.39 is 0 Å². The highest BCUT2D eigenvalue weighted by Gasteiger charge is 2.29. The molecule has 1 N–H and O–H groups in total. The van der Waals surface area contributed by atoms with Gasteiger partial charge in [-0.25, -0.2) is 0 Å². The number of nitrogens with zero attached hydrogens (tertiary/aromatic N) is 1. The number of thiophene rings is 1. The van der Waals surface area contributed by atoms with Crippen LogP contribution in [0.4, 0.5) is 0 Å². The van der Waals surface area contributed by atoms with Crippen molar-refractivity contribution in [2.75, 3.05) is 13.2 Å². The first kappa shape index (κ1) is 11.6. The van der Waals surface area contributed by atoms with E-state index >= 15 is 0 Å².